The lowest BCUT2D eigenvalue weighted by atomic mass is 10.0. The van der Waals surface area contributed by atoms with Crippen molar-refractivity contribution in [2.24, 2.45) is 17.6 Å². The van der Waals surface area contributed by atoms with E-state index in [9.17, 15) is 0 Å². The summed E-state index contributed by atoms with van der Waals surface area (Å²) in [5.41, 5.74) is 7.41. The molecule has 0 aromatic rings. The number of ether oxygens (including phenoxy) is 1. The van der Waals surface area contributed by atoms with Gasteiger partial charge in [-0.15, -0.1) is 0 Å². The fourth-order valence-corrected chi connectivity index (χ4v) is 7.03. The second-order valence-corrected chi connectivity index (χ2v) is 13.0. The first kappa shape index (κ1) is 27.1. The molecule has 180 valence electrons. The minimum absolute atomic E-state index is 0.197. The summed E-state index contributed by atoms with van der Waals surface area (Å²) in [4.78, 5) is 13.7. The van der Waals surface area contributed by atoms with Crippen LogP contribution in [-0.2, 0) is 14.5 Å². The Morgan fingerprint density at radius 1 is 1.23 bits per heavy atom. The summed E-state index contributed by atoms with van der Waals surface area (Å²) in [5, 5.41) is 0. The second-order valence-electron chi connectivity index (χ2n) is 9.27. The largest absolute Gasteiger partial charge is 0.345 e. The quantitative estimate of drug-likeness (QED) is 0.0807. The Labute approximate surface area is 200 Å². The normalized spacial score (nSPS) is 24.4. The highest BCUT2D eigenvalue weighted by atomic mass is 127. The van der Waals surface area contributed by atoms with Gasteiger partial charge in [0.25, 0.3) is 0 Å². The van der Waals surface area contributed by atoms with Gasteiger partial charge in [0.2, 0.25) is 0 Å². The van der Waals surface area contributed by atoms with Crippen molar-refractivity contribution in [1.82, 2.24) is 4.90 Å². The van der Waals surface area contributed by atoms with E-state index in [1.54, 1.807) is 0 Å². The topological polar surface area (TPSA) is 57.0 Å². The lowest BCUT2D eigenvalue weighted by Gasteiger charge is -2.30. The van der Waals surface area contributed by atoms with E-state index in [0.717, 1.165) is 32.5 Å². The molecule has 0 spiro atoms. The average molecular weight is 549 g/mol. The zero-order valence-electron chi connectivity index (χ0n) is 20.3. The molecule has 5 nitrogen and oxygen atoms in total. The van der Waals surface area contributed by atoms with Crippen molar-refractivity contribution >= 4 is 24.4 Å². The monoisotopic (exact) mass is 548 g/mol. The number of hydrogen-bond donors (Lipinski definition) is 1. The summed E-state index contributed by atoms with van der Waals surface area (Å²) in [5.74, 6) is 1.06. The highest BCUT2D eigenvalue weighted by Gasteiger charge is 2.26. The highest BCUT2D eigenvalue weighted by Crippen LogP contribution is 2.25. The van der Waals surface area contributed by atoms with E-state index in [1.807, 2.05) is 0 Å². The van der Waals surface area contributed by atoms with Crippen LogP contribution in [-0.4, -0.2) is 57.5 Å². The molecule has 1 aliphatic heterocycles. The molecule has 0 saturated heterocycles. The first-order valence-electron chi connectivity index (χ1n) is 12.1. The number of nitrogens with two attached hydrogens (primary N) is 1. The van der Waals surface area contributed by atoms with Crippen LogP contribution in [0, 0.1) is 11.8 Å². The second kappa shape index (κ2) is 14.9. The maximum absolute atomic E-state index is 6.26. The number of hydrogen-bond acceptors (Lipinski definition) is 5. The van der Waals surface area contributed by atoms with Crippen LogP contribution in [0.1, 0.15) is 66.7 Å². The van der Waals surface area contributed by atoms with Crippen molar-refractivity contribution in [3.8, 4) is 0 Å². The van der Waals surface area contributed by atoms with E-state index < -0.39 is 0 Å². The third kappa shape index (κ3) is 10.1. The molecule has 0 saturated carbocycles. The number of rotatable bonds is 14. The van der Waals surface area contributed by atoms with E-state index >= 15 is 0 Å². The highest BCUT2D eigenvalue weighted by molar-refractivity contribution is 14.2. The standard InChI is InChI=1S/C25H45IN2O3/c1-6-19(2)24(18-31-30-17-23-11-8-7-9-12-23)26-22(5)29-16-20(3)25-13-10-14-28(25)15-21(4)27/h10-11,13,19-21,24-25H,6-9,12,14-18,27H2,1-5H3/t19-,20+,21+,24?,25-/m0/s1. The SMILES string of the molecule is CC[C@H](C)C(COOCC1=CCCCC1)I=C(C)OC[C@@H](C)[C@@H]1C=CCN1C[C@@H](C)N. The van der Waals surface area contributed by atoms with E-state index in [0.29, 0.717) is 35.0 Å². The molecule has 2 aliphatic rings. The summed E-state index contributed by atoms with van der Waals surface area (Å²) in [6, 6.07) is 0.621. The molecule has 2 rings (SSSR count). The van der Waals surface area contributed by atoms with Crippen LogP contribution in [0.4, 0.5) is 0 Å². The minimum atomic E-state index is -0.231. The van der Waals surface area contributed by atoms with E-state index in [-0.39, 0.29) is 26.8 Å². The molecule has 6 heteroatoms. The third-order valence-electron chi connectivity index (χ3n) is 6.24. The van der Waals surface area contributed by atoms with Crippen molar-refractivity contribution in [2.75, 3.05) is 32.9 Å². The fourth-order valence-electron chi connectivity index (χ4n) is 4.09. The summed E-state index contributed by atoms with van der Waals surface area (Å²) in [6.45, 7) is 15.1. The summed E-state index contributed by atoms with van der Waals surface area (Å²) in [7, 11) is 0. The number of halogens is 1. The van der Waals surface area contributed by atoms with Gasteiger partial charge < -0.3 is 10.5 Å². The molecule has 31 heavy (non-hydrogen) atoms. The van der Waals surface area contributed by atoms with E-state index in [2.05, 4.69) is 57.7 Å². The Balaban J connectivity index is 1.79. The Kier molecular flexibility index (Phi) is 13.0. The summed E-state index contributed by atoms with van der Waals surface area (Å²) < 4.78 is 7.98. The molecule has 0 fully saturated rings. The molecule has 0 amide bonds. The molecule has 0 radical (unpaired) electrons. The first-order valence-corrected chi connectivity index (χ1v) is 14.4. The molecule has 2 N–H and O–H groups in total. The molecular formula is C25H45IN2O3. The van der Waals surface area contributed by atoms with Gasteiger partial charge in [-0.3, -0.25) is 4.90 Å². The molecule has 0 bridgehead atoms. The molecule has 0 aromatic heterocycles. The summed E-state index contributed by atoms with van der Waals surface area (Å²) in [6.07, 6.45) is 13.0. The zero-order chi connectivity index (χ0) is 22.6. The Morgan fingerprint density at radius 2 is 2.03 bits per heavy atom. The van der Waals surface area contributed by atoms with Gasteiger partial charge in [0.15, 0.2) is 0 Å². The molecule has 1 heterocycles. The van der Waals surface area contributed by atoms with Crippen LogP contribution < -0.4 is 5.73 Å². The fraction of sp³-hybridized carbons (Fsp3) is 0.800. The molecule has 1 aliphatic carbocycles. The third-order valence-corrected chi connectivity index (χ3v) is 9.82. The van der Waals surface area contributed by atoms with Crippen LogP contribution in [0.15, 0.2) is 23.8 Å². The van der Waals surface area contributed by atoms with Crippen LogP contribution in [0.2, 0.25) is 0 Å². The van der Waals surface area contributed by atoms with Crippen LogP contribution in [0.25, 0.3) is 0 Å². The average Bonchev–Trinajstić information content (AvgIpc) is 3.21. The van der Waals surface area contributed by atoms with E-state index in [1.165, 1.54) is 28.5 Å². The van der Waals surface area contributed by atoms with Gasteiger partial charge in [-0.1, -0.05) is 66.2 Å². The van der Waals surface area contributed by atoms with Crippen LogP contribution in [0.5, 0.6) is 0 Å². The van der Waals surface area contributed by atoms with Crippen molar-refractivity contribution in [3.05, 3.63) is 23.8 Å². The van der Waals surface area contributed by atoms with Gasteiger partial charge in [-0.2, -0.15) is 0 Å². The number of allylic oxidation sites excluding steroid dienone is 1. The predicted octanol–water partition coefficient (Wildman–Crippen LogP) is 5.21. The van der Waals surface area contributed by atoms with Gasteiger partial charge >= 0.3 is 0 Å². The Morgan fingerprint density at radius 3 is 2.71 bits per heavy atom. The molecule has 5 atom stereocenters. The van der Waals surface area contributed by atoms with Gasteiger partial charge in [0.05, 0.1) is 16.9 Å². The van der Waals surface area contributed by atoms with Crippen LogP contribution in [0.3, 0.4) is 0 Å². The smallest absolute Gasteiger partial charge is 0.103 e. The van der Waals surface area contributed by atoms with Gasteiger partial charge in [-0.05, 0) is 56.9 Å². The van der Waals surface area contributed by atoms with E-state index in [4.69, 9.17) is 20.2 Å². The Bertz CT molecular complexity index is 606. The number of alkyl halides is 1. The first-order chi connectivity index (χ1) is 14.9. The van der Waals surface area contributed by atoms with Crippen molar-refractivity contribution in [1.29, 1.82) is 0 Å². The summed E-state index contributed by atoms with van der Waals surface area (Å²) >= 11 is -0.231. The van der Waals surface area contributed by atoms with Crippen LogP contribution >= 0.6 is 20.7 Å². The molecule has 0 aromatic carbocycles. The van der Waals surface area contributed by atoms with Gasteiger partial charge in [-0.25, -0.2) is 9.78 Å². The maximum atomic E-state index is 6.26. The lowest BCUT2D eigenvalue weighted by molar-refractivity contribution is -0.288. The molecular weight excluding hydrogens is 503 g/mol. The van der Waals surface area contributed by atoms with Crippen molar-refractivity contribution in [2.45, 2.75) is 82.7 Å². The van der Waals surface area contributed by atoms with Gasteiger partial charge in [0.1, 0.15) is 6.61 Å². The van der Waals surface area contributed by atoms with Crippen molar-refractivity contribution in [3.63, 3.8) is 0 Å². The van der Waals surface area contributed by atoms with Crippen molar-refractivity contribution < 1.29 is 14.5 Å². The molecule has 1 unspecified atom stereocenters. The number of nitrogens with zero attached hydrogens (tertiary/aromatic N) is 1. The lowest BCUT2D eigenvalue weighted by Crippen LogP contribution is -2.42. The van der Waals surface area contributed by atoms with Gasteiger partial charge in [0, 0.05) is 29.1 Å². The Hall–Kier alpha value is -0.120. The maximum Gasteiger partial charge on any atom is 0.103 e. The predicted molar refractivity (Wildman–Crippen MR) is 140 cm³/mol. The minimum Gasteiger partial charge on any atom is -0.345 e. The zero-order valence-corrected chi connectivity index (χ0v) is 22.5.